The first kappa shape index (κ1) is 20.5. The molecule has 0 saturated heterocycles. The van der Waals surface area contributed by atoms with Crippen LogP contribution in [0.1, 0.15) is 24.5 Å². The molecule has 0 amide bonds. The highest BCUT2D eigenvalue weighted by atomic mass is 32.2. The average Bonchev–Trinajstić information content (AvgIpc) is 3.13. The predicted octanol–water partition coefficient (Wildman–Crippen LogP) is 6.22. The minimum Gasteiger partial charge on any atom is -0.336 e. The fourth-order valence-corrected chi connectivity index (χ4v) is 4.43. The summed E-state index contributed by atoms with van der Waals surface area (Å²) in [5, 5.41) is 0. The zero-order chi connectivity index (χ0) is 20.2. The number of benzene rings is 2. The number of rotatable bonds is 7. The molecule has 7 heteroatoms. The highest BCUT2D eigenvalue weighted by Gasteiger charge is 2.36. The zero-order valence-corrected chi connectivity index (χ0v) is 16.1. The van der Waals surface area contributed by atoms with Gasteiger partial charge in [-0.15, -0.1) is 11.8 Å². The predicted molar refractivity (Wildman–Crippen MR) is 103 cm³/mol. The van der Waals surface area contributed by atoms with Crippen LogP contribution in [0.2, 0.25) is 0 Å². The molecule has 0 aliphatic heterocycles. The molecule has 2 aromatic carbocycles. The average molecular weight is 408 g/mol. The van der Waals surface area contributed by atoms with Crippen molar-refractivity contribution in [1.82, 2.24) is 9.55 Å². The molecule has 0 bridgehead atoms. The van der Waals surface area contributed by atoms with Crippen LogP contribution in [0.25, 0.3) is 0 Å². The van der Waals surface area contributed by atoms with Gasteiger partial charge in [-0.25, -0.2) is 9.37 Å². The van der Waals surface area contributed by atoms with Crippen molar-refractivity contribution in [3.8, 4) is 0 Å². The molecule has 0 aliphatic carbocycles. The highest BCUT2D eigenvalue weighted by molar-refractivity contribution is 8.00. The van der Waals surface area contributed by atoms with Crippen LogP contribution in [-0.2, 0) is 19.1 Å². The molecule has 1 heterocycles. The summed E-state index contributed by atoms with van der Waals surface area (Å²) < 4.78 is 54.8. The van der Waals surface area contributed by atoms with Crippen LogP contribution in [0.5, 0.6) is 0 Å². The minimum atomic E-state index is -4.41. The van der Waals surface area contributed by atoms with Crippen molar-refractivity contribution in [2.75, 3.05) is 0 Å². The highest BCUT2D eigenvalue weighted by Crippen LogP contribution is 2.43. The van der Waals surface area contributed by atoms with Crippen molar-refractivity contribution in [2.24, 2.45) is 0 Å². The second kappa shape index (κ2) is 8.39. The second-order valence-corrected chi connectivity index (χ2v) is 8.54. The molecule has 3 aromatic rings. The Bertz CT molecular complexity index is 892. The molecule has 1 atom stereocenters. The van der Waals surface area contributed by atoms with Gasteiger partial charge in [0.15, 0.2) is 0 Å². The van der Waals surface area contributed by atoms with E-state index in [-0.39, 0.29) is 10.7 Å². The van der Waals surface area contributed by atoms with Crippen molar-refractivity contribution in [3.63, 3.8) is 0 Å². The number of aryl methyl sites for hydroxylation is 1. The molecule has 148 valence electrons. The smallest absolute Gasteiger partial charge is 0.336 e. The van der Waals surface area contributed by atoms with Crippen molar-refractivity contribution in [1.29, 1.82) is 0 Å². The quantitative estimate of drug-likeness (QED) is 0.341. The summed E-state index contributed by atoms with van der Waals surface area (Å²) in [4.78, 5) is 4.24. The fraction of sp³-hybridized carbons (Fsp3) is 0.286. The monoisotopic (exact) mass is 408 g/mol. The van der Waals surface area contributed by atoms with E-state index in [2.05, 4.69) is 4.98 Å². The number of aromatic nitrogens is 2. The standard InChI is InChI=1S/C21H20F4N2S/c1-20(14-27-13-12-26-15-27,11-10-16-6-8-17(22)9-7-16)28-19-5-3-2-4-18(19)21(23,24)25/h2-9,12-13,15H,10-11,14H2,1H3. The first-order chi connectivity index (χ1) is 13.3. The number of imidazole rings is 1. The summed E-state index contributed by atoms with van der Waals surface area (Å²) in [7, 11) is 0. The molecule has 0 aliphatic rings. The number of alkyl halides is 3. The van der Waals surface area contributed by atoms with Gasteiger partial charge < -0.3 is 4.57 Å². The maximum Gasteiger partial charge on any atom is 0.417 e. The van der Waals surface area contributed by atoms with Gasteiger partial charge in [-0.3, -0.25) is 0 Å². The van der Waals surface area contributed by atoms with Crippen LogP contribution >= 0.6 is 11.8 Å². The van der Waals surface area contributed by atoms with Gasteiger partial charge in [0.2, 0.25) is 0 Å². The summed E-state index contributed by atoms with van der Waals surface area (Å²) in [5.41, 5.74) is 0.321. The van der Waals surface area contributed by atoms with E-state index in [0.717, 1.165) is 11.6 Å². The lowest BCUT2D eigenvalue weighted by Crippen LogP contribution is -2.28. The lowest BCUT2D eigenvalue weighted by molar-refractivity contribution is -0.139. The summed E-state index contributed by atoms with van der Waals surface area (Å²) in [6.07, 6.45) is 1.95. The van der Waals surface area contributed by atoms with E-state index in [9.17, 15) is 17.6 Å². The summed E-state index contributed by atoms with van der Waals surface area (Å²) in [6.45, 7) is 2.46. The van der Waals surface area contributed by atoms with Gasteiger partial charge in [-0.1, -0.05) is 24.3 Å². The van der Waals surface area contributed by atoms with E-state index in [0.29, 0.717) is 19.4 Å². The molecular weight excluding hydrogens is 388 g/mol. The van der Waals surface area contributed by atoms with Crippen LogP contribution in [0.3, 0.4) is 0 Å². The summed E-state index contributed by atoms with van der Waals surface area (Å²) in [6, 6.07) is 11.9. The Hall–Kier alpha value is -2.28. The van der Waals surface area contributed by atoms with Crippen LogP contribution < -0.4 is 0 Å². The molecule has 1 unspecified atom stereocenters. The molecule has 3 rings (SSSR count). The Labute approximate surface area is 165 Å². The molecule has 0 saturated carbocycles. The van der Waals surface area contributed by atoms with Crippen molar-refractivity contribution >= 4 is 11.8 Å². The van der Waals surface area contributed by atoms with E-state index in [1.807, 2.05) is 11.5 Å². The third-order valence-electron chi connectivity index (χ3n) is 4.48. The first-order valence-electron chi connectivity index (χ1n) is 8.81. The molecule has 0 radical (unpaired) electrons. The van der Waals surface area contributed by atoms with E-state index >= 15 is 0 Å². The van der Waals surface area contributed by atoms with E-state index in [1.54, 1.807) is 36.9 Å². The fourth-order valence-electron chi connectivity index (χ4n) is 3.04. The number of nitrogens with zero attached hydrogens (tertiary/aromatic N) is 2. The minimum absolute atomic E-state index is 0.205. The zero-order valence-electron chi connectivity index (χ0n) is 15.3. The Morgan fingerprint density at radius 3 is 2.39 bits per heavy atom. The largest absolute Gasteiger partial charge is 0.417 e. The maximum absolute atomic E-state index is 13.4. The molecule has 2 nitrogen and oxygen atoms in total. The normalized spacial score (nSPS) is 14.0. The van der Waals surface area contributed by atoms with Gasteiger partial charge in [0.1, 0.15) is 5.82 Å². The Balaban J connectivity index is 1.85. The summed E-state index contributed by atoms with van der Waals surface area (Å²) >= 11 is 1.22. The van der Waals surface area contributed by atoms with Crippen LogP contribution in [0.4, 0.5) is 17.6 Å². The molecular formula is C21H20F4N2S. The van der Waals surface area contributed by atoms with Gasteiger partial charge >= 0.3 is 6.18 Å². The number of thioether (sulfide) groups is 1. The lowest BCUT2D eigenvalue weighted by Gasteiger charge is -2.30. The Kier molecular flexibility index (Phi) is 6.13. The van der Waals surface area contributed by atoms with Crippen LogP contribution in [-0.4, -0.2) is 14.3 Å². The second-order valence-electron chi connectivity index (χ2n) is 6.91. The third kappa shape index (κ3) is 5.38. The molecule has 0 fully saturated rings. The Morgan fingerprint density at radius 1 is 1.04 bits per heavy atom. The Morgan fingerprint density at radius 2 is 1.75 bits per heavy atom. The van der Waals surface area contributed by atoms with Gasteiger partial charge in [-0.2, -0.15) is 13.2 Å². The SMILES string of the molecule is CC(CCc1ccc(F)cc1)(Cn1ccnc1)Sc1ccccc1C(F)(F)F. The molecule has 28 heavy (non-hydrogen) atoms. The topological polar surface area (TPSA) is 17.8 Å². The van der Waals surface area contributed by atoms with Crippen molar-refractivity contribution < 1.29 is 17.6 Å². The number of hydrogen-bond acceptors (Lipinski definition) is 2. The van der Waals surface area contributed by atoms with E-state index in [1.165, 1.54) is 36.0 Å². The van der Waals surface area contributed by atoms with Gasteiger partial charge in [0.05, 0.1) is 11.9 Å². The first-order valence-corrected chi connectivity index (χ1v) is 9.62. The van der Waals surface area contributed by atoms with Gasteiger partial charge in [0.25, 0.3) is 0 Å². The third-order valence-corrected chi connectivity index (χ3v) is 5.88. The maximum atomic E-state index is 13.4. The van der Waals surface area contributed by atoms with Crippen molar-refractivity contribution in [3.05, 3.63) is 84.2 Å². The molecule has 0 spiro atoms. The van der Waals surface area contributed by atoms with E-state index < -0.39 is 16.5 Å². The number of hydrogen-bond donors (Lipinski definition) is 0. The van der Waals surface area contributed by atoms with Gasteiger partial charge in [0, 0.05) is 28.6 Å². The van der Waals surface area contributed by atoms with Crippen LogP contribution in [0.15, 0.2) is 72.1 Å². The van der Waals surface area contributed by atoms with Crippen molar-refractivity contribution in [2.45, 2.75) is 42.1 Å². The summed E-state index contributed by atoms with van der Waals surface area (Å²) in [5.74, 6) is -0.307. The van der Waals surface area contributed by atoms with Gasteiger partial charge in [-0.05, 0) is 49.6 Å². The molecule has 0 N–H and O–H groups in total. The lowest BCUT2D eigenvalue weighted by atomic mass is 10.00. The molecule has 1 aromatic heterocycles. The van der Waals surface area contributed by atoms with E-state index in [4.69, 9.17) is 0 Å². The number of halogens is 4. The van der Waals surface area contributed by atoms with Crippen LogP contribution in [0, 0.1) is 5.82 Å².